The van der Waals surface area contributed by atoms with Crippen LogP contribution in [0.25, 0.3) is 0 Å². The molecule has 1 aromatic carbocycles. The molecule has 0 unspecified atom stereocenters. The van der Waals surface area contributed by atoms with Gasteiger partial charge >= 0.3 is 0 Å². The predicted molar refractivity (Wildman–Crippen MR) is 84.5 cm³/mol. The molecule has 7 heteroatoms. The van der Waals surface area contributed by atoms with Gasteiger partial charge in [0.15, 0.2) is 5.82 Å². The van der Waals surface area contributed by atoms with E-state index < -0.39 is 23.1 Å². The van der Waals surface area contributed by atoms with Gasteiger partial charge in [0.05, 0.1) is 0 Å². The lowest BCUT2D eigenvalue weighted by Gasteiger charge is -2.05. The van der Waals surface area contributed by atoms with Gasteiger partial charge in [-0.15, -0.1) is 0 Å². The van der Waals surface area contributed by atoms with E-state index in [0.29, 0.717) is 6.54 Å². The molecule has 0 spiro atoms. The number of anilines is 1. The van der Waals surface area contributed by atoms with Gasteiger partial charge in [-0.25, -0.2) is 8.78 Å². The van der Waals surface area contributed by atoms with Gasteiger partial charge in [0, 0.05) is 31.2 Å². The third kappa shape index (κ3) is 3.62. The van der Waals surface area contributed by atoms with Crippen LogP contribution in [0.2, 0.25) is 0 Å². The van der Waals surface area contributed by atoms with Gasteiger partial charge < -0.3 is 5.32 Å². The lowest BCUT2D eigenvalue weighted by molar-refractivity contribution is 0.101. The van der Waals surface area contributed by atoms with Gasteiger partial charge in [-0.05, 0) is 36.2 Å². The molecule has 0 aliphatic carbocycles. The van der Waals surface area contributed by atoms with E-state index in [-0.39, 0.29) is 5.82 Å². The summed E-state index contributed by atoms with van der Waals surface area (Å²) in [5, 5.41) is 6.57. The average Bonchev–Trinajstić information content (AvgIpc) is 3.01. The summed E-state index contributed by atoms with van der Waals surface area (Å²) in [6.45, 7) is 0.605. The molecular formula is C17H14F2N4O. The van der Waals surface area contributed by atoms with Crippen LogP contribution in [0, 0.1) is 11.6 Å². The summed E-state index contributed by atoms with van der Waals surface area (Å²) in [6, 6.07) is 8.66. The number of carbonyl (C=O) groups excluding carboxylic acids is 1. The van der Waals surface area contributed by atoms with Gasteiger partial charge in [0.1, 0.15) is 17.2 Å². The van der Waals surface area contributed by atoms with Crippen molar-refractivity contribution in [2.75, 3.05) is 5.32 Å². The number of nitrogens with zero attached hydrogens (tertiary/aromatic N) is 3. The van der Waals surface area contributed by atoms with Crippen LogP contribution in [0.4, 0.5) is 14.6 Å². The highest BCUT2D eigenvalue weighted by Gasteiger charge is 2.17. The average molecular weight is 328 g/mol. The highest BCUT2D eigenvalue weighted by molar-refractivity contribution is 6.04. The van der Waals surface area contributed by atoms with Crippen LogP contribution in [0.15, 0.2) is 55.0 Å². The fourth-order valence-electron chi connectivity index (χ4n) is 2.24. The molecule has 0 saturated carbocycles. The number of aryl methyl sites for hydroxylation is 2. The SMILES string of the molecule is O=C(Nc1ccn(CCc2ccncc2)n1)c1c(F)cccc1F. The number of carbonyl (C=O) groups is 1. The van der Waals surface area contributed by atoms with Crippen molar-refractivity contribution in [1.29, 1.82) is 0 Å². The molecule has 0 fully saturated rings. The van der Waals surface area contributed by atoms with Gasteiger partial charge in [-0.2, -0.15) is 5.10 Å². The Kier molecular flexibility index (Phi) is 4.60. The third-order valence-electron chi connectivity index (χ3n) is 3.45. The number of hydrogen-bond donors (Lipinski definition) is 1. The fourth-order valence-corrected chi connectivity index (χ4v) is 2.24. The summed E-state index contributed by atoms with van der Waals surface area (Å²) in [7, 11) is 0. The van der Waals surface area contributed by atoms with Gasteiger partial charge in [0.25, 0.3) is 5.91 Å². The number of amides is 1. The molecule has 0 bridgehead atoms. The second-order valence-electron chi connectivity index (χ2n) is 5.12. The molecule has 5 nitrogen and oxygen atoms in total. The Morgan fingerprint density at radius 1 is 1.08 bits per heavy atom. The molecule has 0 radical (unpaired) electrons. The van der Waals surface area contributed by atoms with Crippen LogP contribution in [-0.2, 0) is 13.0 Å². The van der Waals surface area contributed by atoms with E-state index in [9.17, 15) is 13.6 Å². The first-order chi connectivity index (χ1) is 11.6. The van der Waals surface area contributed by atoms with Crippen molar-refractivity contribution >= 4 is 11.7 Å². The molecule has 1 amide bonds. The molecule has 122 valence electrons. The van der Waals surface area contributed by atoms with Gasteiger partial charge in [0.2, 0.25) is 0 Å². The number of rotatable bonds is 5. The standard InChI is InChI=1S/C17H14F2N4O/c18-13-2-1-3-14(19)16(13)17(24)21-15-7-11-23(22-15)10-6-12-4-8-20-9-5-12/h1-5,7-9,11H,6,10H2,(H,21,22,24). The molecule has 0 aliphatic heterocycles. The monoisotopic (exact) mass is 328 g/mol. The zero-order valence-corrected chi connectivity index (χ0v) is 12.6. The Labute approximate surface area is 137 Å². The van der Waals surface area contributed by atoms with E-state index in [1.165, 1.54) is 6.07 Å². The minimum atomic E-state index is -0.912. The molecule has 0 atom stereocenters. The van der Waals surface area contributed by atoms with E-state index in [0.717, 1.165) is 24.1 Å². The second kappa shape index (κ2) is 6.99. The number of halogens is 2. The summed E-state index contributed by atoms with van der Waals surface area (Å²) in [6.07, 6.45) is 5.87. The molecule has 2 heterocycles. The Morgan fingerprint density at radius 3 is 2.50 bits per heavy atom. The van der Waals surface area contributed by atoms with E-state index in [2.05, 4.69) is 15.4 Å². The Hall–Kier alpha value is -3.09. The Bertz CT molecular complexity index is 829. The number of pyridine rings is 1. The Morgan fingerprint density at radius 2 is 1.79 bits per heavy atom. The van der Waals surface area contributed by atoms with Crippen molar-refractivity contribution in [3.05, 3.63) is 77.8 Å². The number of hydrogen-bond acceptors (Lipinski definition) is 3. The maximum atomic E-state index is 13.6. The van der Waals surface area contributed by atoms with Gasteiger partial charge in [-0.1, -0.05) is 6.07 Å². The fraction of sp³-hybridized carbons (Fsp3) is 0.118. The van der Waals surface area contributed by atoms with Crippen molar-refractivity contribution in [2.24, 2.45) is 0 Å². The van der Waals surface area contributed by atoms with Crippen LogP contribution in [0.5, 0.6) is 0 Å². The van der Waals surface area contributed by atoms with E-state index >= 15 is 0 Å². The van der Waals surface area contributed by atoms with Crippen molar-refractivity contribution in [2.45, 2.75) is 13.0 Å². The summed E-state index contributed by atoms with van der Waals surface area (Å²) in [4.78, 5) is 15.9. The van der Waals surface area contributed by atoms with Crippen molar-refractivity contribution in [3.63, 3.8) is 0 Å². The van der Waals surface area contributed by atoms with Crippen molar-refractivity contribution < 1.29 is 13.6 Å². The number of nitrogens with one attached hydrogen (secondary N) is 1. The third-order valence-corrected chi connectivity index (χ3v) is 3.45. The zero-order chi connectivity index (χ0) is 16.9. The maximum Gasteiger partial charge on any atom is 0.262 e. The molecule has 2 aromatic heterocycles. The molecular weight excluding hydrogens is 314 g/mol. The zero-order valence-electron chi connectivity index (χ0n) is 12.6. The summed E-state index contributed by atoms with van der Waals surface area (Å²) < 4.78 is 28.8. The maximum absolute atomic E-state index is 13.6. The first-order valence-corrected chi connectivity index (χ1v) is 7.31. The van der Waals surface area contributed by atoms with Crippen molar-refractivity contribution in [1.82, 2.24) is 14.8 Å². The number of benzene rings is 1. The molecule has 0 aliphatic rings. The van der Waals surface area contributed by atoms with E-state index in [1.807, 2.05) is 12.1 Å². The highest BCUT2D eigenvalue weighted by atomic mass is 19.1. The second-order valence-corrected chi connectivity index (χ2v) is 5.12. The minimum absolute atomic E-state index is 0.234. The predicted octanol–water partition coefficient (Wildman–Crippen LogP) is 3.05. The minimum Gasteiger partial charge on any atom is -0.305 e. The lowest BCUT2D eigenvalue weighted by atomic mass is 10.2. The molecule has 3 rings (SSSR count). The quantitative estimate of drug-likeness (QED) is 0.783. The summed E-state index contributed by atoms with van der Waals surface area (Å²) in [5.74, 6) is -2.46. The lowest BCUT2D eigenvalue weighted by Crippen LogP contribution is -2.16. The van der Waals surface area contributed by atoms with Crippen molar-refractivity contribution in [3.8, 4) is 0 Å². The Balaban J connectivity index is 1.64. The molecule has 1 N–H and O–H groups in total. The van der Waals surface area contributed by atoms with Gasteiger partial charge in [-0.3, -0.25) is 14.5 Å². The van der Waals surface area contributed by atoms with Crippen LogP contribution < -0.4 is 5.32 Å². The van der Waals surface area contributed by atoms with E-state index in [4.69, 9.17) is 0 Å². The highest BCUT2D eigenvalue weighted by Crippen LogP contribution is 2.14. The first-order valence-electron chi connectivity index (χ1n) is 7.31. The first kappa shape index (κ1) is 15.8. The summed E-state index contributed by atoms with van der Waals surface area (Å²) in [5.41, 5.74) is 0.489. The molecule has 0 saturated heterocycles. The topological polar surface area (TPSA) is 59.8 Å². The van der Waals surface area contributed by atoms with E-state index in [1.54, 1.807) is 29.3 Å². The smallest absolute Gasteiger partial charge is 0.262 e. The van der Waals surface area contributed by atoms with Crippen LogP contribution in [0.1, 0.15) is 15.9 Å². The van der Waals surface area contributed by atoms with Crippen LogP contribution >= 0.6 is 0 Å². The number of aromatic nitrogens is 3. The molecule has 3 aromatic rings. The normalized spacial score (nSPS) is 10.6. The molecule has 24 heavy (non-hydrogen) atoms. The largest absolute Gasteiger partial charge is 0.305 e. The van der Waals surface area contributed by atoms with Crippen LogP contribution in [-0.4, -0.2) is 20.7 Å². The van der Waals surface area contributed by atoms with Crippen LogP contribution in [0.3, 0.4) is 0 Å². The summed E-state index contributed by atoms with van der Waals surface area (Å²) >= 11 is 0.